The predicted molar refractivity (Wildman–Crippen MR) is 69.8 cm³/mol. The van der Waals surface area contributed by atoms with Gasteiger partial charge >= 0.3 is 12.1 Å². The molecule has 6 heteroatoms. The van der Waals surface area contributed by atoms with Crippen molar-refractivity contribution < 1.29 is 14.0 Å². The molecule has 1 saturated heterocycles. The Hall–Kier alpha value is -1.98. The highest BCUT2D eigenvalue weighted by molar-refractivity contribution is 5.94. The number of carbonyl (C=O) groups excluding carboxylic acids is 2. The van der Waals surface area contributed by atoms with Crippen LogP contribution < -0.4 is 5.32 Å². The Balaban J connectivity index is 1.85. The van der Waals surface area contributed by atoms with E-state index in [1.54, 1.807) is 18.2 Å². The molecule has 104 valence electrons. The third-order valence-corrected chi connectivity index (χ3v) is 3.44. The van der Waals surface area contributed by atoms with E-state index in [1.165, 1.54) is 4.90 Å². The van der Waals surface area contributed by atoms with Gasteiger partial charge in [-0.15, -0.1) is 0 Å². The lowest BCUT2D eigenvalue weighted by atomic mass is 10.1. The monoisotopic (exact) mass is 265 g/mol. The Kier molecular flexibility index (Phi) is 4.09. The van der Waals surface area contributed by atoms with Crippen molar-refractivity contribution in [1.29, 1.82) is 0 Å². The molecule has 2 heterocycles. The Labute approximate surface area is 112 Å². The third kappa shape index (κ3) is 3.07. The van der Waals surface area contributed by atoms with Crippen LogP contribution in [0.25, 0.3) is 0 Å². The molecule has 6 nitrogen and oxygen atoms in total. The highest BCUT2D eigenvalue weighted by Gasteiger charge is 2.30. The maximum absolute atomic E-state index is 12.1. The molecule has 1 aliphatic heterocycles. The van der Waals surface area contributed by atoms with Crippen LogP contribution in [0.2, 0.25) is 0 Å². The lowest BCUT2D eigenvalue weighted by Crippen LogP contribution is -2.46. The van der Waals surface area contributed by atoms with Gasteiger partial charge in [0.05, 0.1) is 6.26 Å². The largest absolute Gasteiger partial charge is 0.469 e. The quantitative estimate of drug-likeness (QED) is 0.900. The summed E-state index contributed by atoms with van der Waals surface area (Å²) < 4.78 is 5.26. The van der Waals surface area contributed by atoms with E-state index in [9.17, 15) is 9.59 Å². The molecule has 0 radical (unpaired) electrons. The van der Waals surface area contributed by atoms with Crippen molar-refractivity contribution in [3.8, 4) is 0 Å². The Morgan fingerprint density at radius 3 is 3.00 bits per heavy atom. The van der Waals surface area contributed by atoms with Crippen LogP contribution in [0.15, 0.2) is 22.8 Å². The summed E-state index contributed by atoms with van der Waals surface area (Å²) in [5.41, 5.74) is 0. The number of hydrogen-bond acceptors (Lipinski definition) is 3. The lowest BCUT2D eigenvalue weighted by molar-refractivity contribution is 0.158. The first-order chi connectivity index (χ1) is 9.09. The summed E-state index contributed by atoms with van der Waals surface area (Å²) in [7, 11) is 1.72. The normalized spacial score (nSPS) is 16.3. The van der Waals surface area contributed by atoms with Crippen LogP contribution in [-0.2, 0) is 6.42 Å². The molecule has 19 heavy (non-hydrogen) atoms. The zero-order valence-corrected chi connectivity index (χ0v) is 11.3. The van der Waals surface area contributed by atoms with Gasteiger partial charge in [0, 0.05) is 32.6 Å². The molecular weight excluding hydrogens is 246 g/mol. The molecule has 1 N–H and O–H groups in total. The molecule has 1 unspecified atom stereocenters. The minimum absolute atomic E-state index is 0.0472. The van der Waals surface area contributed by atoms with Gasteiger partial charge in [0.2, 0.25) is 0 Å². The van der Waals surface area contributed by atoms with Crippen LogP contribution in [0.1, 0.15) is 19.1 Å². The molecule has 2 rings (SSSR count). The maximum Gasteiger partial charge on any atom is 0.328 e. The number of aryl methyl sites for hydroxylation is 1. The van der Waals surface area contributed by atoms with Gasteiger partial charge in [-0.1, -0.05) is 0 Å². The van der Waals surface area contributed by atoms with E-state index in [-0.39, 0.29) is 18.1 Å². The van der Waals surface area contributed by atoms with Gasteiger partial charge in [0.1, 0.15) is 5.76 Å². The summed E-state index contributed by atoms with van der Waals surface area (Å²) in [6.45, 7) is 2.93. The Morgan fingerprint density at radius 1 is 1.63 bits per heavy atom. The maximum atomic E-state index is 12.1. The fourth-order valence-electron chi connectivity index (χ4n) is 2.03. The molecule has 1 aromatic rings. The number of rotatable bonds is 4. The average molecular weight is 265 g/mol. The number of nitrogens with zero attached hydrogens (tertiary/aromatic N) is 2. The van der Waals surface area contributed by atoms with E-state index in [0.29, 0.717) is 13.1 Å². The minimum atomic E-state index is -0.310. The fourth-order valence-corrected chi connectivity index (χ4v) is 2.03. The zero-order chi connectivity index (χ0) is 13.8. The van der Waals surface area contributed by atoms with E-state index in [1.807, 2.05) is 19.1 Å². The molecule has 4 amide bonds. The topological polar surface area (TPSA) is 65.8 Å². The van der Waals surface area contributed by atoms with Gasteiger partial charge in [-0.25, -0.2) is 14.5 Å². The molecule has 0 aliphatic carbocycles. The first kappa shape index (κ1) is 13.5. The molecule has 0 aromatic carbocycles. The number of hydrogen-bond donors (Lipinski definition) is 1. The summed E-state index contributed by atoms with van der Waals surface area (Å²) in [5.74, 6) is 0.909. The molecule has 1 atom stereocenters. The van der Waals surface area contributed by atoms with Crippen molar-refractivity contribution in [1.82, 2.24) is 15.1 Å². The third-order valence-electron chi connectivity index (χ3n) is 3.44. The molecule has 0 spiro atoms. The SMILES string of the molecule is CC(CCc1ccco1)N(C)C(=O)N1CCNC1=O. The van der Waals surface area contributed by atoms with Gasteiger partial charge in [-0.3, -0.25) is 0 Å². The van der Waals surface area contributed by atoms with Crippen LogP contribution in [0, 0.1) is 0 Å². The number of nitrogens with one attached hydrogen (secondary N) is 1. The van der Waals surface area contributed by atoms with Gasteiger partial charge in [-0.2, -0.15) is 0 Å². The molecule has 1 aliphatic rings. The second-order valence-corrected chi connectivity index (χ2v) is 4.74. The van der Waals surface area contributed by atoms with E-state index in [4.69, 9.17) is 4.42 Å². The van der Waals surface area contributed by atoms with Gasteiger partial charge in [-0.05, 0) is 25.5 Å². The van der Waals surface area contributed by atoms with Crippen molar-refractivity contribution in [3.63, 3.8) is 0 Å². The number of carbonyl (C=O) groups is 2. The Morgan fingerprint density at radius 2 is 2.42 bits per heavy atom. The van der Waals surface area contributed by atoms with Crippen LogP contribution >= 0.6 is 0 Å². The summed E-state index contributed by atoms with van der Waals surface area (Å²) >= 11 is 0. The highest BCUT2D eigenvalue weighted by Crippen LogP contribution is 2.12. The van der Waals surface area contributed by atoms with Crippen LogP contribution in [0.3, 0.4) is 0 Å². The summed E-state index contributed by atoms with van der Waals surface area (Å²) in [4.78, 5) is 26.4. The number of urea groups is 2. The smallest absolute Gasteiger partial charge is 0.328 e. The number of furan rings is 1. The van der Waals surface area contributed by atoms with Crippen LogP contribution in [0.4, 0.5) is 9.59 Å². The molecule has 1 fully saturated rings. The molecule has 0 bridgehead atoms. The molecule has 0 saturated carbocycles. The second-order valence-electron chi connectivity index (χ2n) is 4.74. The second kappa shape index (κ2) is 5.77. The zero-order valence-electron chi connectivity index (χ0n) is 11.3. The summed E-state index contributed by atoms with van der Waals surface area (Å²) in [5, 5.41) is 2.62. The van der Waals surface area contributed by atoms with Crippen molar-refractivity contribution in [2.24, 2.45) is 0 Å². The first-order valence-corrected chi connectivity index (χ1v) is 6.44. The van der Waals surface area contributed by atoms with Crippen molar-refractivity contribution in [3.05, 3.63) is 24.2 Å². The Bertz CT molecular complexity index is 444. The minimum Gasteiger partial charge on any atom is -0.469 e. The summed E-state index contributed by atoms with van der Waals surface area (Å²) in [6.07, 6.45) is 3.21. The van der Waals surface area contributed by atoms with Gasteiger partial charge < -0.3 is 14.6 Å². The summed E-state index contributed by atoms with van der Waals surface area (Å²) in [6, 6.07) is 3.26. The van der Waals surface area contributed by atoms with E-state index < -0.39 is 0 Å². The standard InChI is InChI=1S/C13H19N3O3/c1-10(5-6-11-4-3-9-19-11)15(2)13(18)16-8-7-14-12(16)17/h3-4,9-10H,5-8H2,1-2H3,(H,14,17). The van der Waals surface area contributed by atoms with Crippen LogP contribution in [0.5, 0.6) is 0 Å². The first-order valence-electron chi connectivity index (χ1n) is 6.44. The van der Waals surface area contributed by atoms with Crippen molar-refractivity contribution in [2.45, 2.75) is 25.8 Å². The highest BCUT2D eigenvalue weighted by atomic mass is 16.3. The predicted octanol–water partition coefficient (Wildman–Crippen LogP) is 1.68. The van der Waals surface area contributed by atoms with E-state index in [2.05, 4.69) is 5.32 Å². The number of amides is 4. The van der Waals surface area contributed by atoms with E-state index >= 15 is 0 Å². The van der Waals surface area contributed by atoms with Crippen molar-refractivity contribution >= 4 is 12.1 Å². The van der Waals surface area contributed by atoms with Crippen molar-refractivity contribution in [2.75, 3.05) is 20.1 Å². The van der Waals surface area contributed by atoms with E-state index in [0.717, 1.165) is 18.6 Å². The fraction of sp³-hybridized carbons (Fsp3) is 0.538. The lowest BCUT2D eigenvalue weighted by Gasteiger charge is -2.27. The average Bonchev–Trinajstić information content (AvgIpc) is 3.05. The van der Waals surface area contributed by atoms with Crippen LogP contribution in [-0.4, -0.2) is 48.0 Å². The molecule has 1 aromatic heterocycles. The van der Waals surface area contributed by atoms with Gasteiger partial charge in [0.25, 0.3) is 0 Å². The number of imide groups is 1. The molecular formula is C13H19N3O3. The van der Waals surface area contributed by atoms with Gasteiger partial charge in [0.15, 0.2) is 0 Å².